The number of amides is 2. The maximum Gasteiger partial charge on any atom is 0.245 e. The van der Waals surface area contributed by atoms with Gasteiger partial charge in [0, 0.05) is 29.2 Å². The molecule has 3 N–H and O–H groups in total. The minimum absolute atomic E-state index is 0.0482. The lowest BCUT2D eigenvalue weighted by Crippen LogP contribution is -2.57. The predicted molar refractivity (Wildman–Crippen MR) is 135 cm³/mol. The molecule has 2 aliphatic rings. The Hall–Kier alpha value is -2.51. The van der Waals surface area contributed by atoms with Crippen LogP contribution in [0.3, 0.4) is 0 Å². The van der Waals surface area contributed by atoms with Crippen LogP contribution < -0.4 is 11.1 Å². The van der Waals surface area contributed by atoms with Crippen LogP contribution in [0.2, 0.25) is 0 Å². The number of aryl methyl sites for hydroxylation is 1. The summed E-state index contributed by atoms with van der Waals surface area (Å²) in [5.74, 6) is 0.263. The molecule has 0 aromatic heterocycles. The van der Waals surface area contributed by atoms with Gasteiger partial charge in [-0.2, -0.15) is 0 Å². The van der Waals surface area contributed by atoms with Gasteiger partial charge >= 0.3 is 0 Å². The average molecular weight is 482 g/mol. The molecule has 2 aliphatic heterocycles. The summed E-state index contributed by atoms with van der Waals surface area (Å²) < 4.78 is 12.7. The van der Waals surface area contributed by atoms with Crippen LogP contribution in [0.15, 0.2) is 59.5 Å². The summed E-state index contributed by atoms with van der Waals surface area (Å²) in [4.78, 5) is 29.0. The lowest BCUT2D eigenvalue weighted by Gasteiger charge is -2.40. The van der Waals surface area contributed by atoms with Gasteiger partial charge in [-0.05, 0) is 63.1 Å². The van der Waals surface area contributed by atoms with E-state index in [0.29, 0.717) is 25.3 Å². The standard InChI is InChI=1S/C27H35N3O3S/c1-26(2,28)25(32)29-22(13-8-11-20-9-4-3-5-10-20)24(31)30-17-15-27(16-18-30)19-34(33)23-14-7-6-12-21(23)27/h3-7,9-10,12,14,22H,8,11,13,15-19,28H2,1-2H3,(H,29,32)/t22-,34?/m1/s1. The summed E-state index contributed by atoms with van der Waals surface area (Å²) in [6.45, 7) is 4.50. The van der Waals surface area contributed by atoms with E-state index in [2.05, 4.69) is 23.5 Å². The first-order valence-electron chi connectivity index (χ1n) is 12.1. The Balaban J connectivity index is 1.42. The smallest absolute Gasteiger partial charge is 0.245 e. The van der Waals surface area contributed by atoms with Crippen LogP contribution >= 0.6 is 0 Å². The van der Waals surface area contributed by atoms with Crippen molar-refractivity contribution < 1.29 is 13.8 Å². The molecule has 1 spiro atoms. The van der Waals surface area contributed by atoms with Crippen molar-refractivity contribution >= 4 is 22.6 Å². The second-order valence-corrected chi connectivity index (χ2v) is 11.6. The normalized spacial score (nSPS) is 20.1. The number of carbonyl (C=O) groups is 2. The van der Waals surface area contributed by atoms with E-state index < -0.39 is 22.4 Å². The molecule has 6 nitrogen and oxygen atoms in total. The minimum atomic E-state index is -1.05. The summed E-state index contributed by atoms with van der Waals surface area (Å²) in [6.07, 6.45) is 3.77. The molecule has 182 valence electrons. The lowest BCUT2D eigenvalue weighted by molar-refractivity contribution is -0.139. The number of hydrogen-bond donors (Lipinski definition) is 2. The summed E-state index contributed by atoms with van der Waals surface area (Å²) >= 11 is 0. The Bertz CT molecular complexity index is 1060. The maximum atomic E-state index is 13.5. The highest BCUT2D eigenvalue weighted by molar-refractivity contribution is 7.85. The fourth-order valence-electron chi connectivity index (χ4n) is 5.06. The topological polar surface area (TPSA) is 92.5 Å². The molecule has 2 aromatic rings. The van der Waals surface area contributed by atoms with Crippen molar-refractivity contribution in [1.29, 1.82) is 0 Å². The van der Waals surface area contributed by atoms with E-state index in [1.165, 1.54) is 11.1 Å². The zero-order valence-corrected chi connectivity index (χ0v) is 20.9. The second kappa shape index (κ2) is 10.0. The van der Waals surface area contributed by atoms with Crippen molar-refractivity contribution in [2.45, 2.75) is 67.8 Å². The highest BCUT2D eigenvalue weighted by Crippen LogP contribution is 2.44. The number of nitrogens with zero attached hydrogens (tertiary/aromatic N) is 1. The van der Waals surface area contributed by atoms with Crippen molar-refractivity contribution in [3.8, 4) is 0 Å². The Morgan fingerprint density at radius 2 is 1.74 bits per heavy atom. The molecule has 0 radical (unpaired) electrons. The van der Waals surface area contributed by atoms with Crippen molar-refractivity contribution in [2.24, 2.45) is 5.73 Å². The monoisotopic (exact) mass is 481 g/mol. The van der Waals surface area contributed by atoms with Gasteiger partial charge in [-0.1, -0.05) is 48.5 Å². The van der Waals surface area contributed by atoms with Crippen LogP contribution in [-0.4, -0.2) is 51.3 Å². The number of hydrogen-bond acceptors (Lipinski definition) is 4. The molecule has 0 bridgehead atoms. The lowest BCUT2D eigenvalue weighted by atomic mass is 9.74. The highest BCUT2D eigenvalue weighted by Gasteiger charge is 2.45. The number of fused-ring (bicyclic) bond motifs is 2. The SMILES string of the molecule is CC(C)(N)C(=O)N[C@H](CCCc1ccccc1)C(=O)N1CCC2(CC1)CS(=O)c1ccccc12. The average Bonchev–Trinajstić information content (AvgIpc) is 3.10. The van der Waals surface area contributed by atoms with Gasteiger partial charge in [0.05, 0.1) is 16.3 Å². The zero-order chi connectivity index (χ0) is 24.3. The number of carbonyl (C=O) groups excluding carboxylic acids is 2. The Kier molecular flexibility index (Phi) is 7.24. The summed E-state index contributed by atoms with van der Waals surface area (Å²) in [5, 5.41) is 2.92. The van der Waals surface area contributed by atoms with E-state index >= 15 is 0 Å². The molecule has 4 rings (SSSR count). The molecular weight excluding hydrogens is 446 g/mol. The van der Waals surface area contributed by atoms with Gasteiger partial charge in [0.2, 0.25) is 11.8 Å². The van der Waals surface area contributed by atoms with Crippen molar-refractivity contribution in [2.75, 3.05) is 18.8 Å². The number of nitrogens with one attached hydrogen (secondary N) is 1. The first-order valence-corrected chi connectivity index (χ1v) is 13.4. The van der Waals surface area contributed by atoms with E-state index in [1.807, 2.05) is 41.3 Å². The van der Waals surface area contributed by atoms with Crippen molar-refractivity contribution in [1.82, 2.24) is 10.2 Å². The van der Waals surface area contributed by atoms with Crippen LogP contribution in [-0.2, 0) is 32.2 Å². The van der Waals surface area contributed by atoms with Gasteiger partial charge in [0.1, 0.15) is 6.04 Å². The molecule has 1 saturated heterocycles. The number of rotatable bonds is 7. The third-order valence-corrected chi connectivity index (χ3v) is 8.79. The molecular formula is C27H35N3O3S. The quantitative estimate of drug-likeness (QED) is 0.636. The molecule has 0 aliphatic carbocycles. The third-order valence-electron chi connectivity index (χ3n) is 7.13. The van der Waals surface area contributed by atoms with Crippen LogP contribution in [0.25, 0.3) is 0 Å². The molecule has 34 heavy (non-hydrogen) atoms. The molecule has 1 unspecified atom stereocenters. The predicted octanol–water partition coefficient (Wildman–Crippen LogP) is 2.91. The maximum absolute atomic E-state index is 13.5. The molecule has 0 saturated carbocycles. The second-order valence-electron chi connectivity index (χ2n) is 10.2. The number of nitrogens with two attached hydrogens (primary N) is 1. The van der Waals surface area contributed by atoms with Gasteiger partial charge in [0.25, 0.3) is 0 Å². The number of piperidine rings is 1. The van der Waals surface area contributed by atoms with E-state index in [1.54, 1.807) is 13.8 Å². The van der Waals surface area contributed by atoms with Gasteiger partial charge in [-0.3, -0.25) is 13.8 Å². The van der Waals surface area contributed by atoms with Gasteiger partial charge in [-0.25, -0.2) is 0 Å². The Labute approximate surface area is 204 Å². The Morgan fingerprint density at radius 3 is 2.41 bits per heavy atom. The molecule has 2 amide bonds. The van der Waals surface area contributed by atoms with Gasteiger partial charge in [-0.15, -0.1) is 0 Å². The zero-order valence-electron chi connectivity index (χ0n) is 20.1. The largest absolute Gasteiger partial charge is 0.343 e. The van der Waals surface area contributed by atoms with Crippen molar-refractivity contribution in [3.63, 3.8) is 0 Å². The fourth-order valence-corrected chi connectivity index (χ4v) is 6.92. The Morgan fingerprint density at radius 1 is 1.09 bits per heavy atom. The number of benzene rings is 2. The number of likely N-dealkylation sites (tertiary alicyclic amines) is 1. The first-order chi connectivity index (χ1) is 16.2. The molecule has 2 aromatic carbocycles. The van der Waals surface area contributed by atoms with Gasteiger partial charge in [0.15, 0.2) is 0 Å². The minimum Gasteiger partial charge on any atom is -0.343 e. The van der Waals surface area contributed by atoms with Crippen LogP contribution in [0.1, 0.15) is 50.7 Å². The van der Waals surface area contributed by atoms with Crippen LogP contribution in [0, 0.1) is 0 Å². The fraction of sp³-hybridized carbons (Fsp3) is 0.481. The van der Waals surface area contributed by atoms with Crippen LogP contribution in [0.4, 0.5) is 0 Å². The van der Waals surface area contributed by atoms with E-state index in [0.717, 1.165) is 30.6 Å². The van der Waals surface area contributed by atoms with Crippen LogP contribution in [0.5, 0.6) is 0 Å². The summed E-state index contributed by atoms with van der Waals surface area (Å²) in [5.41, 5.74) is 7.21. The first kappa shape index (κ1) is 24.6. The van der Waals surface area contributed by atoms with E-state index in [4.69, 9.17) is 5.73 Å². The molecule has 2 heterocycles. The molecule has 7 heteroatoms. The third kappa shape index (κ3) is 5.26. The van der Waals surface area contributed by atoms with E-state index in [-0.39, 0.29) is 17.2 Å². The highest BCUT2D eigenvalue weighted by atomic mass is 32.2. The van der Waals surface area contributed by atoms with Crippen molar-refractivity contribution in [3.05, 3.63) is 65.7 Å². The van der Waals surface area contributed by atoms with E-state index in [9.17, 15) is 13.8 Å². The van der Waals surface area contributed by atoms with Gasteiger partial charge < -0.3 is 16.0 Å². The molecule has 2 atom stereocenters. The molecule has 1 fully saturated rings. The summed E-state index contributed by atoms with van der Waals surface area (Å²) in [6, 6.07) is 17.6. The summed E-state index contributed by atoms with van der Waals surface area (Å²) in [7, 11) is -0.980.